The zero-order valence-corrected chi connectivity index (χ0v) is 10.7. The second kappa shape index (κ2) is 5.21. The predicted octanol–water partition coefficient (Wildman–Crippen LogP) is 1.37. The van der Waals surface area contributed by atoms with Crippen LogP contribution in [0, 0.1) is 5.92 Å². The van der Waals surface area contributed by atoms with Crippen LogP contribution in [0.5, 0.6) is 0 Å². The third-order valence-corrected chi connectivity index (χ3v) is 3.69. The number of thioether (sulfide) groups is 1. The van der Waals surface area contributed by atoms with Crippen LogP contribution in [-0.2, 0) is 4.79 Å². The molecule has 0 saturated heterocycles. The van der Waals surface area contributed by atoms with E-state index in [-0.39, 0.29) is 11.9 Å². The summed E-state index contributed by atoms with van der Waals surface area (Å²) < 4.78 is 0. The first kappa shape index (κ1) is 12.8. The first-order valence-corrected chi connectivity index (χ1v) is 6.96. The fourth-order valence-corrected chi connectivity index (χ4v) is 2.20. The maximum absolute atomic E-state index is 11.9. The smallest absolute Gasteiger partial charge is 0.240 e. The van der Waals surface area contributed by atoms with E-state index in [0.717, 1.165) is 25.0 Å². The number of nitrogens with one attached hydrogen (secondary N) is 1. The average Bonchev–Trinajstić information content (AvgIpc) is 2.97. The maximum Gasteiger partial charge on any atom is 0.240 e. The SMILES string of the molecule is CSCCC(C)NC(=O)C(C)(N)C1CC1. The zero-order valence-electron chi connectivity index (χ0n) is 9.88. The van der Waals surface area contributed by atoms with Crippen LogP contribution in [0.2, 0.25) is 0 Å². The van der Waals surface area contributed by atoms with Gasteiger partial charge in [0.1, 0.15) is 0 Å². The highest BCUT2D eigenvalue weighted by atomic mass is 32.2. The van der Waals surface area contributed by atoms with Gasteiger partial charge in [0.2, 0.25) is 5.91 Å². The maximum atomic E-state index is 11.9. The molecule has 0 aromatic rings. The molecule has 88 valence electrons. The van der Waals surface area contributed by atoms with Crippen LogP contribution >= 0.6 is 11.8 Å². The molecule has 2 unspecified atom stereocenters. The molecular formula is C11H22N2OS. The lowest BCUT2D eigenvalue weighted by molar-refractivity contribution is -0.127. The Balaban J connectivity index is 2.33. The highest BCUT2D eigenvalue weighted by Crippen LogP contribution is 2.38. The fraction of sp³-hybridized carbons (Fsp3) is 0.909. The number of nitrogens with two attached hydrogens (primary N) is 1. The lowest BCUT2D eigenvalue weighted by atomic mass is 9.96. The van der Waals surface area contributed by atoms with Crippen LogP contribution in [0.15, 0.2) is 0 Å². The van der Waals surface area contributed by atoms with Crippen LogP contribution in [0.25, 0.3) is 0 Å². The molecule has 3 nitrogen and oxygen atoms in total. The van der Waals surface area contributed by atoms with Gasteiger partial charge in [0.05, 0.1) is 5.54 Å². The molecule has 1 aliphatic rings. The van der Waals surface area contributed by atoms with Crippen LogP contribution in [-0.4, -0.2) is 29.5 Å². The summed E-state index contributed by atoms with van der Waals surface area (Å²) in [4.78, 5) is 11.9. The Morgan fingerprint density at radius 1 is 1.67 bits per heavy atom. The molecule has 1 aliphatic carbocycles. The van der Waals surface area contributed by atoms with Gasteiger partial charge in [-0.15, -0.1) is 0 Å². The predicted molar refractivity (Wildman–Crippen MR) is 65.9 cm³/mol. The van der Waals surface area contributed by atoms with Crippen molar-refractivity contribution in [2.75, 3.05) is 12.0 Å². The standard InChI is InChI=1S/C11H22N2OS/c1-8(6-7-15-3)13-10(14)11(2,12)9-4-5-9/h8-9H,4-7,12H2,1-3H3,(H,13,14). The monoisotopic (exact) mass is 230 g/mol. The van der Waals surface area contributed by atoms with Crippen molar-refractivity contribution in [3.8, 4) is 0 Å². The summed E-state index contributed by atoms with van der Waals surface area (Å²) in [5.41, 5.74) is 5.37. The second-order valence-electron chi connectivity index (χ2n) is 4.71. The average molecular weight is 230 g/mol. The van der Waals surface area contributed by atoms with E-state index in [1.54, 1.807) is 11.8 Å². The molecule has 4 heteroatoms. The summed E-state index contributed by atoms with van der Waals surface area (Å²) in [6.45, 7) is 3.89. The fourth-order valence-electron chi connectivity index (χ4n) is 1.61. The Hall–Kier alpha value is -0.220. The minimum absolute atomic E-state index is 0.0126. The first-order chi connectivity index (χ1) is 6.98. The molecule has 0 aliphatic heterocycles. The Labute approximate surface area is 96.6 Å². The van der Waals surface area contributed by atoms with E-state index in [4.69, 9.17) is 5.73 Å². The quantitative estimate of drug-likeness (QED) is 0.724. The van der Waals surface area contributed by atoms with Crippen molar-refractivity contribution in [1.82, 2.24) is 5.32 Å². The van der Waals surface area contributed by atoms with Gasteiger partial charge in [-0.3, -0.25) is 4.79 Å². The third-order valence-electron chi connectivity index (χ3n) is 3.05. The molecule has 2 atom stereocenters. The van der Waals surface area contributed by atoms with Crippen molar-refractivity contribution in [3.05, 3.63) is 0 Å². The van der Waals surface area contributed by atoms with E-state index in [2.05, 4.69) is 11.6 Å². The van der Waals surface area contributed by atoms with E-state index in [0.29, 0.717) is 5.92 Å². The molecule has 0 aromatic heterocycles. The molecule has 1 fully saturated rings. The van der Waals surface area contributed by atoms with Gasteiger partial charge in [0, 0.05) is 6.04 Å². The number of carbonyl (C=O) groups excluding carboxylic acids is 1. The van der Waals surface area contributed by atoms with Crippen molar-refractivity contribution in [2.24, 2.45) is 11.7 Å². The summed E-state index contributed by atoms with van der Waals surface area (Å²) in [5, 5.41) is 3.00. The van der Waals surface area contributed by atoms with Gasteiger partial charge >= 0.3 is 0 Å². The Bertz CT molecular complexity index is 227. The van der Waals surface area contributed by atoms with Gasteiger partial charge in [-0.2, -0.15) is 11.8 Å². The molecule has 1 saturated carbocycles. The second-order valence-corrected chi connectivity index (χ2v) is 5.70. The molecule has 3 N–H and O–H groups in total. The van der Waals surface area contributed by atoms with Gasteiger partial charge in [0.15, 0.2) is 0 Å². The summed E-state index contributed by atoms with van der Waals surface area (Å²) in [6.07, 6.45) is 5.28. The Kier molecular flexibility index (Phi) is 4.46. The molecule has 0 heterocycles. The number of hydrogen-bond acceptors (Lipinski definition) is 3. The largest absolute Gasteiger partial charge is 0.352 e. The van der Waals surface area contributed by atoms with E-state index < -0.39 is 5.54 Å². The third kappa shape index (κ3) is 3.68. The number of carbonyl (C=O) groups is 1. The van der Waals surface area contributed by atoms with Gasteiger partial charge < -0.3 is 11.1 Å². The van der Waals surface area contributed by atoms with Crippen molar-refractivity contribution in [1.29, 1.82) is 0 Å². The lowest BCUT2D eigenvalue weighted by Gasteiger charge is -2.25. The van der Waals surface area contributed by atoms with E-state index in [1.165, 1.54) is 0 Å². The van der Waals surface area contributed by atoms with Crippen molar-refractivity contribution < 1.29 is 4.79 Å². The van der Waals surface area contributed by atoms with E-state index >= 15 is 0 Å². The molecule has 0 aromatic carbocycles. The Morgan fingerprint density at radius 3 is 2.73 bits per heavy atom. The van der Waals surface area contributed by atoms with Crippen molar-refractivity contribution in [3.63, 3.8) is 0 Å². The van der Waals surface area contributed by atoms with Crippen molar-refractivity contribution >= 4 is 17.7 Å². The van der Waals surface area contributed by atoms with Crippen LogP contribution in [0.4, 0.5) is 0 Å². The van der Waals surface area contributed by atoms with Crippen LogP contribution in [0.1, 0.15) is 33.1 Å². The number of amides is 1. The highest BCUT2D eigenvalue weighted by Gasteiger charge is 2.44. The van der Waals surface area contributed by atoms with Gasteiger partial charge in [-0.1, -0.05) is 0 Å². The van der Waals surface area contributed by atoms with Gasteiger partial charge in [-0.05, 0) is 51.0 Å². The molecule has 1 amide bonds. The summed E-state index contributed by atoms with van der Waals surface area (Å²) >= 11 is 1.80. The first-order valence-electron chi connectivity index (χ1n) is 5.57. The minimum atomic E-state index is -0.659. The lowest BCUT2D eigenvalue weighted by Crippen LogP contribution is -2.55. The van der Waals surface area contributed by atoms with Crippen molar-refractivity contribution in [2.45, 2.75) is 44.7 Å². The topological polar surface area (TPSA) is 55.1 Å². The summed E-state index contributed by atoms with van der Waals surface area (Å²) in [7, 11) is 0. The molecule has 0 radical (unpaired) electrons. The van der Waals surface area contributed by atoms with E-state index in [9.17, 15) is 4.79 Å². The summed E-state index contributed by atoms with van der Waals surface area (Å²) in [6, 6.07) is 0.228. The number of rotatable bonds is 6. The molecule has 0 bridgehead atoms. The van der Waals surface area contributed by atoms with Gasteiger partial charge in [-0.25, -0.2) is 0 Å². The summed E-state index contributed by atoms with van der Waals surface area (Å²) in [5.74, 6) is 1.48. The normalized spacial score (nSPS) is 21.9. The molecule has 15 heavy (non-hydrogen) atoms. The Morgan fingerprint density at radius 2 is 2.27 bits per heavy atom. The molecule has 1 rings (SSSR count). The molecule has 0 spiro atoms. The van der Waals surface area contributed by atoms with Crippen LogP contribution in [0.3, 0.4) is 0 Å². The van der Waals surface area contributed by atoms with E-state index in [1.807, 2.05) is 13.8 Å². The zero-order chi connectivity index (χ0) is 11.5. The molecular weight excluding hydrogens is 208 g/mol. The van der Waals surface area contributed by atoms with Gasteiger partial charge in [0.25, 0.3) is 0 Å². The minimum Gasteiger partial charge on any atom is -0.352 e. The van der Waals surface area contributed by atoms with Crippen LogP contribution < -0.4 is 11.1 Å². The highest BCUT2D eigenvalue weighted by molar-refractivity contribution is 7.98. The number of hydrogen-bond donors (Lipinski definition) is 2.